The van der Waals surface area contributed by atoms with Crippen LogP contribution >= 0.6 is 0 Å². The number of alkyl halides is 2. The van der Waals surface area contributed by atoms with Crippen LogP contribution in [0, 0.1) is 17.6 Å². The Bertz CT molecular complexity index is 1030. The lowest BCUT2D eigenvalue weighted by molar-refractivity contribution is -0.142. The maximum absolute atomic E-state index is 13.7. The Kier molecular flexibility index (Phi) is 4.26. The quantitative estimate of drug-likeness (QED) is 0.646. The van der Waals surface area contributed by atoms with Gasteiger partial charge in [-0.2, -0.15) is 8.78 Å². The molecule has 1 N–H and O–H groups in total. The van der Waals surface area contributed by atoms with Gasteiger partial charge in [0.2, 0.25) is 5.78 Å². The fraction of sp³-hybridized carbons (Fsp3) is 0.381. The maximum Gasteiger partial charge on any atom is 0.305 e. The van der Waals surface area contributed by atoms with Gasteiger partial charge < -0.3 is 9.67 Å². The lowest BCUT2D eigenvalue weighted by Gasteiger charge is -2.27. The van der Waals surface area contributed by atoms with Crippen LogP contribution in [0.15, 0.2) is 36.4 Å². The van der Waals surface area contributed by atoms with Gasteiger partial charge in [0.15, 0.2) is 0 Å². The van der Waals surface area contributed by atoms with Crippen LogP contribution in [-0.4, -0.2) is 27.0 Å². The van der Waals surface area contributed by atoms with Gasteiger partial charge in [0.1, 0.15) is 11.6 Å². The zero-order chi connectivity index (χ0) is 20.3. The number of aromatic nitrogens is 1. The molecule has 0 saturated heterocycles. The van der Waals surface area contributed by atoms with Crippen molar-refractivity contribution in [3.8, 4) is 0 Å². The van der Waals surface area contributed by atoms with E-state index >= 15 is 0 Å². The molecular formula is C21H19F4NO2. The molecule has 1 aliphatic carbocycles. The van der Waals surface area contributed by atoms with Crippen LogP contribution < -0.4 is 0 Å². The predicted octanol–water partition coefficient (Wildman–Crippen LogP) is 4.83. The minimum absolute atomic E-state index is 0.000381. The monoisotopic (exact) mass is 393 g/mol. The summed E-state index contributed by atoms with van der Waals surface area (Å²) in [4.78, 5) is 11.9. The zero-order valence-electron chi connectivity index (χ0n) is 15.2. The first-order chi connectivity index (χ1) is 13.1. The van der Waals surface area contributed by atoms with Gasteiger partial charge in [0.05, 0.1) is 12.1 Å². The summed E-state index contributed by atoms with van der Waals surface area (Å²) in [7, 11) is 0. The van der Waals surface area contributed by atoms with Crippen molar-refractivity contribution in [1.82, 2.24) is 4.57 Å². The molecule has 1 heterocycles. The molecule has 0 radical (unpaired) electrons. The molecule has 1 saturated carbocycles. The molecule has 2 atom stereocenters. The number of nitrogens with zero attached hydrogens (tertiary/aromatic N) is 1. The summed E-state index contributed by atoms with van der Waals surface area (Å²) < 4.78 is 56.2. The summed E-state index contributed by atoms with van der Waals surface area (Å²) in [5.74, 6) is -6.31. The largest absolute Gasteiger partial charge is 0.388 e. The van der Waals surface area contributed by atoms with Gasteiger partial charge in [-0.3, -0.25) is 4.79 Å². The molecule has 1 fully saturated rings. The molecular weight excluding hydrogens is 374 g/mol. The van der Waals surface area contributed by atoms with Crippen molar-refractivity contribution < 1.29 is 27.5 Å². The molecule has 1 aliphatic rings. The lowest BCUT2D eigenvalue weighted by Crippen LogP contribution is -2.36. The Morgan fingerprint density at radius 3 is 2.11 bits per heavy atom. The normalized spacial score (nSPS) is 21.5. The fourth-order valence-electron chi connectivity index (χ4n) is 4.26. The standard InChI is InChI=1S/C21H19F4NO2/c1-20(28,10-12-6-7-21(24,25)19(12)27)11-26-17-4-2-13(22)8-15(17)16-9-14(23)3-5-18(16)26/h2-5,8-9,12,28H,6-7,10-11H2,1H3. The van der Waals surface area contributed by atoms with Gasteiger partial charge in [-0.1, -0.05) is 0 Å². The number of carbonyl (C=O) groups is 1. The summed E-state index contributed by atoms with van der Waals surface area (Å²) >= 11 is 0. The molecule has 148 valence electrons. The topological polar surface area (TPSA) is 42.2 Å². The first-order valence-electron chi connectivity index (χ1n) is 9.09. The number of benzene rings is 2. The molecule has 3 aromatic rings. The average Bonchev–Trinajstić information content (AvgIpc) is 3.03. The smallest absolute Gasteiger partial charge is 0.305 e. The number of Topliss-reactive ketones (excluding diaryl/α,β-unsaturated/α-hetero) is 1. The molecule has 2 unspecified atom stereocenters. The highest BCUT2D eigenvalue weighted by atomic mass is 19.3. The van der Waals surface area contributed by atoms with E-state index in [2.05, 4.69) is 0 Å². The van der Waals surface area contributed by atoms with E-state index in [-0.39, 0.29) is 19.4 Å². The second-order valence-electron chi connectivity index (χ2n) is 7.91. The summed E-state index contributed by atoms with van der Waals surface area (Å²) in [5.41, 5.74) is -0.279. The highest BCUT2D eigenvalue weighted by Gasteiger charge is 2.50. The molecule has 0 amide bonds. The van der Waals surface area contributed by atoms with Gasteiger partial charge >= 0.3 is 5.92 Å². The van der Waals surface area contributed by atoms with Crippen molar-refractivity contribution in [1.29, 1.82) is 0 Å². The predicted molar refractivity (Wildman–Crippen MR) is 97.3 cm³/mol. The van der Waals surface area contributed by atoms with E-state index in [4.69, 9.17) is 0 Å². The van der Waals surface area contributed by atoms with E-state index in [0.29, 0.717) is 21.8 Å². The summed E-state index contributed by atoms with van der Waals surface area (Å²) in [6, 6.07) is 8.20. The van der Waals surface area contributed by atoms with Crippen LogP contribution in [0.3, 0.4) is 0 Å². The second-order valence-corrected chi connectivity index (χ2v) is 7.91. The second kappa shape index (κ2) is 6.30. The Labute approximate surface area is 158 Å². The van der Waals surface area contributed by atoms with Crippen molar-refractivity contribution in [2.24, 2.45) is 5.92 Å². The molecule has 3 nitrogen and oxygen atoms in total. The molecule has 4 rings (SSSR count). The van der Waals surface area contributed by atoms with Crippen molar-refractivity contribution in [2.45, 2.75) is 44.3 Å². The van der Waals surface area contributed by atoms with E-state index < -0.39 is 41.3 Å². The SMILES string of the molecule is CC(O)(CC1CCC(F)(F)C1=O)Cn1c2ccc(F)cc2c2cc(F)ccc21. The van der Waals surface area contributed by atoms with Crippen molar-refractivity contribution in [2.75, 3.05) is 0 Å². The van der Waals surface area contributed by atoms with E-state index in [1.165, 1.54) is 43.3 Å². The minimum atomic E-state index is -3.33. The Morgan fingerprint density at radius 1 is 1.11 bits per heavy atom. The van der Waals surface area contributed by atoms with E-state index in [1.54, 1.807) is 4.57 Å². The number of halogens is 4. The molecule has 0 aliphatic heterocycles. The highest BCUT2D eigenvalue weighted by Crippen LogP contribution is 2.40. The minimum Gasteiger partial charge on any atom is -0.388 e. The zero-order valence-corrected chi connectivity index (χ0v) is 15.2. The fourth-order valence-corrected chi connectivity index (χ4v) is 4.26. The third-order valence-corrected chi connectivity index (χ3v) is 5.51. The van der Waals surface area contributed by atoms with Crippen LogP contribution in [0.2, 0.25) is 0 Å². The van der Waals surface area contributed by atoms with Crippen LogP contribution in [0.5, 0.6) is 0 Å². The summed E-state index contributed by atoms with van der Waals surface area (Å²) in [6.07, 6.45) is -0.572. The molecule has 1 aromatic heterocycles. The summed E-state index contributed by atoms with van der Waals surface area (Å²) in [6.45, 7) is 1.49. The van der Waals surface area contributed by atoms with Gasteiger partial charge in [-0.15, -0.1) is 0 Å². The van der Waals surface area contributed by atoms with Crippen LogP contribution in [0.1, 0.15) is 26.2 Å². The Morgan fingerprint density at radius 2 is 1.64 bits per heavy atom. The van der Waals surface area contributed by atoms with Crippen molar-refractivity contribution >= 4 is 27.6 Å². The van der Waals surface area contributed by atoms with Crippen molar-refractivity contribution in [3.05, 3.63) is 48.0 Å². The van der Waals surface area contributed by atoms with E-state index in [1.807, 2.05) is 0 Å². The highest BCUT2D eigenvalue weighted by molar-refractivity contribution is 6.08. The van der Waals surface area contributed by atoms with Crippen LogP contribution in [0.4, 0.5) is 17.6 Å². The van der Waals surface area contributed by atoms with Gasteiger partial charge in [-0.05, 0) is 56.2 Å². The molecule has 7 heteroatoms. The van der Waals surface area contributed by atoms with Crippen LogP contribution in [-0.2, 0) is 11.3 Å². The van der Waals surface area contributed by atoms with Gasteiger partial charge in [0, 0.05) is 34.1 Å². The molecule has 2 aromatic carbocycles. The number of carbonyl (C=O) groups excluding carboxylic acids is 1. The van der Waals surface area contributed by atoms with Crippen LogP contribution in [0.25, 0.3) is 21.8 Å². The maximum atomic E-state index is 13.7. The first-order valence-corrected chi connectivity index (χ1v) is 9.09. The third-order valence-electron chi connectivity index (χ3n) is 5.51. The molecule has 0 bridgehead atoms. The number of fused-ring (bicyclic) bond motifs is 3. The molecule has 28 heavy (non-hydrogen) atoms. The van der Waals surface area contributed by atoms with Gasteiger partial charge in [0.25, 0.3) is 0 Å². The average molecular weight is 393 g/mol. The van der Waals surface area contributed by atoms with E-state index in [9.17, 15) is 27.5 Å². The Balaban J connectivity index is 1.73. The first kappa shape index (κ1) is 18.9. The third kappa shape index (κ3) is 3.17. The van der Waals surface area contributed by atoms with Crippen molar-refractivity contribution in [3.63, 3.8) is 0 Å². The number of hydrogen-bond acceptors (Lipinski definition) is 2. The number of ketones is 1. The Hall–Kier alpha value is -2.41. The van der Waals surface area contributed by atoms with Gasteiger partial charge in [-0.25, -0.2) is 8.78 Å². The number of aliphatic hydroxyl groups is 1. The summed E-state index contributed by atoms with van der Waals surface area (Å²) in [5, 5.41) is 11.9. The molecule has 0 spiro atoms. The van der Waals surface area contributed by atoms with E-state index in [0.717, 1.165) is 0 Å². The lowest BCUT2D eigenvalue weighted by atomic mass is 9.90. The number of hydrogen-bond donors (Lipinski definition) is 1. The number of rotatable bonds is 4.